The molecular formula is C12H16N2O4S. The fourth-order valence-corrected chi connectivity index (χ4v) is 2.94. The van der Waals surface area contributed by atoms with Gasteiger partial charge < -0.3 is 15.5 Å². The van der Waals surface area contributed by atoms with Gasteiger partial charge in [0.2, 0.25) is 0 Å². The number of aliphatic hydroxyl groups is 1. The molecule has 104 valence electrons. The smallest absolute Gasteiger partial charge is 0.338 e. The van der Waals surface area contributed by atoms with Crippen molar-refractivity contribution in [1.29, 1.82) is 0 Å². The van der Waals surface area contributed by atoms with E-state index in [4.69, 9.17) is 5.11 Å². The van der Waals surface area contributed by atoms with Gasteiger partial charge in [-0.05, 0) is 24.3 Å². The number of amides is 2. The molecule has 1 aliphatic rings. The van der Waals surface area contributed by atoms with E-state index in [0.29, 0.717) is 11.4 Å². The topological polar surface area (TPSA) is 98.7 Å². The van der Waals surface area contributed by atoms with Gasteiger partial charge in [0.05, 0.1) is 17.7 Å². The lowest BCUT2D eigenvalue weighted by atomic mass is 9.93. The first kappa shape index (κ1) is 13.8. The van der Waals surface area contributed by atoms with Gasteiger partial charge in [-0.1, -0.05) is 12.8 Å². The Hall–Kier alpha value is -1.60. The molecule has 1 fully saturated rings. The van der Waals surface area contributed by atoms with Crippen LogP contribution in [0.15, 0.2) is 11.4 Å². The SMILES string of the molecule is O=C(Nc1sccc1C(=O)O)NC1CCCCC1O. The number of carbonyl (C=O) groups is 2. The Balaban J connectivity index is 1.93. The third-order valence-electron chi connectivity index (χ3n) is 3.17. The fraction of sp³-hybridized carbons (Fsp3) is 0.500. The molecule has 1 aromatic heterocycles. The van der Waals surface area contributed by atoms with Crippen molar-refractivity contribution in [2.75, 3.05) is 5.32 Å². The van der Waals surface area contributed by atoms with Crippen LogP contribution >= 0.6 is 11.3 Å². The highest BCUT2D eigenvalue weighted by molar-refractivity contribution is 7.14. The van der Waals surface area contributed by atoms with E-state index >= 15 is 0 Å². The maximum atomic E-state index is 11.8. The van der Waals surface area contributed by atoms with Crippen LogP contribution in [0.3, 0.4) is 0 Å². The molecule has 0 radical (unpaired) electrons. The first-order chi connectivity index (χ1) is 9.08. The van der Waals surface area contributed by atoms with Crippen LogP contribution < -0.4 is 10.6 Å². The largest absolute Gasteiger partial charge is 0.478 e. The molecule has 0 bridgehead atoms. The predicted molar refractivity (Wildman–Crippen MR) is 71.7 cm³/mol. The molecular weight excluding hydrogens is 268 g/mol. The molecule has 0 spiro atoms. The average Bonchev–Trinajstić information content (AvgIpc) is 2.80. The van der Waals surface area contributed by atoms with Crippen molar-refractivity contribution in [3.8, 4) is 0 Å². The maximum absolute atomic E-state index is 11.8. The van der Waals surface area contributed by atoms with Gasteiger partial charge >= 0.3 is 12.0 Å². The zero-order valence-corrected chi connectivity index (χ0v) is 11.1. The minimum atomic E-state index is -1.07. The van der Waals surface area contributed by atoms with Crippen LogP contribution in [-0.4, -0.2) is 34.4 Å². The average molecular weight is 284 g/mol. The number of urea groups is 1. The van der Waals surface area contributed by atoms with Crippen LogP contribution in [0.5, 0.6) is 0 Å². The quantitative estimate of drug-likeness (QED) is 0.681. The Morgan fingerprint density at radius 2 is 2.05 bits per heavy atom. The van der Waals surface area contributed by atoms with E-state index in [-0.39, 0.29) is 11.6 Å². The lowest BCUT2D eigenvalue weighted by Crippen LogP contribution is -2.46. The number of carbonyl (C=O) groups excluding carboxylic acids is 1. The van der Waals surface area contributed by atoms with E-state index in [1.807, 2.05) is 0 Å². The van der Waals surface area contributed by atoms with Crippen LogP contribution in [0.25, 0.3) is 0 Å². The number of rotatable bonds is 3. The van der Waals surface area contributed by atoms with Crippen molar-refractivity contribution in [3.05, 3.63) is 17.0 Å². The van der Waals surface area contributed by atoms with Crippen molar-refractivity contribution < 1.29 is 19.8 Å². The summed E-state index contributed by atoms with van der Waals surface area (Å²) < 4.78 is 0. The molecule has 1 aromatic rings. The first-order valence-electron chi connectivity index (χ1n) is 6.14. The Bertz CT molecular complexity index is 474. The third kappa shape index (κ3) is 3.45. The molecule has 7 heteroatoms. The van der Waals surface area contributed by atoms with Crippen LogP contribution in [-0.2, 0) is 0 Å². The number of thiophene rings is 1. The molecule has 2 atom stereocenters. The first-order valence-corrected chi connectivity index (χ1v) is 7.02. The molecule has 4 N–H and O–H groups in total. The molecule has 1 aliphatic carbocycles. The van der Waals surface area contributed by atoms with Gasteiger partial charge in [-0.15, -0.1) is 11.3 Å². The number of anilines is 1. The van der Waals surface area contributed by atoms with E-state index in [1.165, 1.54) is 6.07 Å². The summed E-state index contributed by atoms with van der Waals surface area (Å²) in [5, 5.41) is 25.8. The van der Waals surface area contributed by atoms with E-state index in [9.17, 15) is 14.7 Å². The predicted octanol–water partition coefficient (Wildman–Crippen LogP) is 1.87. The summed E-state index contributed by atoms with van der Waals surface area (Å²) in [6, 6.07) is 0.704. The highest BCUT2D eigenvalue weighted by Gasteiger charge is 2.25. The molecule has 2 amide bonds. The van der Waals surface area contributed by atoms with Crippen LogP contribution in [0.4, 0.5) is 9.80 Å². The Kier molecular flexibility index (Phi) is 4.39. The second kappa shape index (κ2) is 6.03. The van der Waals surface area contributed by atoms with Crippen LogP contribution in [0.2, 0.25) is 0 Å². The molecule has 19 heavy (non-hydrogen) atoms. The van der Waals surface area contributed by atoms with Gasteiger partial charge in [-0.25, -0.2) is 9.59 Å². The zero-order valence-electron chi connectivity index (χ0n) is 10.3. The summed E-state index contributed by atoms with van der Waals surface area (Å²) in [7, 11) is 0. The van der Waals surface area contributed by atoms with Crippen molar-refractivity contribution in [1.82, 2.24) is 5.32 Å². The van der Waals surface area contributed by atoms with E-state index in [2.05, 4.69) is 10.6 Å². The molecule has 1 saturated carbocycles. The van der Waals surface area contributed by atoms with E-state index in [0.717, 1.165) is 30.6 Å². The van der Waals surface area contributed by atoms with Crippen molar-refractivity contribution in [2.45, 2.75) is 37.8 Å². The summed E-state index contributed by atoms with van der Waals surface area (Å²) in [4.78, 5) is 22.7. The van der Waals surface area contributed by atoms with Crippen molar-refractivity contribution in [3.63, 3.8) is 0 Å². The second-order valence-corrected chi connectivity index (χ2v) is 5.44. The number of carboxylic acid groups (broad SMARTS) is 1. The summed E-state index contributed by atoms with van der Waals surface area (Å²) in [5.41, 5.74) is 0.0735. The van der Waals surface area contributed by atoms with Crippen LogP contribution in [0.1, 0.15) is 36.0 Å². The highest BCUT2D eigenvalue weighted by atomic mass is 32.1. The number of hydrogen-bond acceptors (Lipinski definition) is 4. The minimum Gasteiger partial charge on any atom is -0.478 e. The maximum Gasteiger partial charge on any atom is 0.338 e. The number of hydrogen-bond donors (Lipinski definition) is 4. The number of nitrogens with one attached hydrogen (secondary N) is 2. The monoisotopic (exact) mass is 284 g/mol. The summed E-state index contributed by atoms with van der Waals surface area (Å²) >= 11 is 1.15. The number of carboxylic acids is 1. The minimum absolute atomic E-state index is 0.0735. The van der Waals surface area contributed by atoms with Crippen molar-refractivity contribution >= 4 is 28.3 Å². The van der Waals surface area contributed by atoms with Gasteiger partial charge in [0.1, 0.15) is 5.00 Å². The summed E-state index contributed by atoms with van der Waals surface area (Å²) in [5.74, 6) is -1.07. The summed E-state index contributed by atoms with van der Waals surface area (Å²) in [6.45, 7) is 0. The summed E-state index contributed by atoms with van der Waals surface area (Å²) in [6.07, 6.45) is 2.84. The highest BCUT2D eigenvalue weighted by Crippen LogP contribution is 2.23. The van der Waals surface area contributed by atoms with Crippen molar-refractivity contribution in [2.24, 2.45) is 0 Å². The second-order valence-electron chi connectivity index (χ2n) is 4.53. The van der Waals surface area contributed by atoms with Gasteiger partial charge in [0.25, 0.3) is 0 Å². The Morgan fingerprint density at radius 1 is 1.32 bits per heavy atom. The van der Waals surface area contributed by atoms with Crippen LogP contribution in [0, 0.1) is 0 Å². The van der Waals surface area contributed by atoms with Gasteiger partial charge in [-0.2, -0.15) is 0 Å². The molecule has 2 unspecified atom stereocenters. The molecule has 1 heterocycles. The molecule has 2 rings (SSSR count). The Morgan fingerprint density at radius 3 is 2.74 bits per heavy atom. The standard InChI is InChI=1S/C12H16N2O4S/c15-9-4-2-1-3-8(9)13-12(18)14-10-7(11(16)17)5-6-19-10/h5-6,8-9,15H,1-4H2,(H,16,17)(H2,13,14,18). The lowest BCUT2D eigenvalue weighted by Gasteiger charge is -2.28. The van der Waals surface area contributed by atoms with Gasteiger partial charge in [0.15, 0.2) is 0 Å². The molecule has 0 saturated heterocycles. The fourth-order valence-electron chi connectivity index (χ4n) is 2.16. The Labute approximate surface area is 114 Å². The van der Waals surface area contributed by atoms with E-state index < -0.39 is 18.1 Å². The third-order valence-corrected chi connectivity index (χ3v) is 4.00. The van der Waals surface area contributed by atoms with Gasteiger partial charge in [0, 0.05) is 0 Å². The molecule has 0 aliphatic heterocycles. The normalized spacial score (nSPS) is 22.8. The number of aliphatic hydroxyl groups excluding tert-OH is 1. The molecule has 0 aromatic carbocycles. The van der Waals surface area contributed by atoms with E-state index in [1.54, 1.807) is 5.38 Å². The lowest BCUT2D eigenvalue weighted by molar-refractivity contribution is 0.0698. The zero-order chi connectivity index (χ0) is 13.8. The van der Waals surface area contributed by atoms with Gasteiger partial charge in [-0.3, -0.25) is 5.32 Å². The molecule has 6 nitrogen and oxygen atoms in total. The number of aromatic carboxylic acids is 1.